The third-order valence-corrected chi connectivity index (χ3v) is 3.42. The van der Waals surface area contributed by atoms with Crippen molar-refractivity contribution in [2.24, 2.45) is 11.3 Å². The summed E-state index contributed by atoms with van der Waals surface area (Å²) in [5.74, 6) is 0.428. The number of nitrogens with one attached hydrogen (secondary N) is 1. The maximum Gasteiger partial charge on any atom is 0.220 e. The molecule has 1 saturated heterocycles. The standard InChI is InChI=1S/C10H14N2O/c11-6-8-1-3-10(4-2-8)5-9(13)12-7-10/h8H,1-5,7H2,(H,12,13). The van der Waals surface area contributed by atoms with E-state index in [1.807, 2.05) is 0 Å². The van der Waals surface area contributed by atoms with Gasteiger partial charge in [0, 0.05) is 18.9 Å². The van der Waals surface area contributed by atoms with E-state index in [1.165, 1.54) is 0 Å². The molecule has 2 aliphatic rings. The average Bonchev–Trinajstić information content (AvgIpc) is 2.49. The van der Waals surface area contributed by atoms with E-state index in [0.29, 0.717) is 6.42 Å². The van der Waals surface area contributed by atoms with Crippen LogP contribution in [-0.2, 0) is 4.79 Å². The van der Waals surface area contributed by atoms with Crippen LogP contribution in [0.2, 0.25) is 0 Å². The normalized spacial score (nSPS) is 38.7. The molecule has 13 heavy (non-hydrogen) atoms. The molecule has 0 aromatic carbocycles. The Labute approximate surface area is 78.1 Å². The Hall–Kier alpha value is -1.04. The van der Waals surface area contributed by atoms with Crippen LogP contribution in [-0.4, -0.2) is 12.5 Å². The molecule has 1 heterocycles. The van der Waals surface area contributed by atoms with Crippen molar-refractivity contribution in [2.45, 2.75) is 32.1 Å². The van der Waals surface area contributed by atoms with Crippen LogP contribution in [0.25, 0.3) is 0 Å². The van der Waals surface area contributed by atoms with Crippen LogP contribution in [0.15, 0.2) is 0 Å². The van der Waals surface area contributed by atoms with Crippen molar-refractivity contribution in [3.8, 4) is 6.07 Å². The van der Waals surface area contributed by atoms with Gasteiger partial charge >= 0.3 is 0 Å². The minimum absolute atomic E-state index is 0.190. The van der Waals surface area contributed by atoms with Crippen molar-refractivity contribution in [2.75, 3.05) is 6.54 Å². The zero-order valence-corrected chi connectivity index (χ0v) is 7.68. The molecule has 1 aliphatic heterocycles. The fraction of sp³-hybridized carbons (Fsp3) is 0.800. The first kappa shape index (κ1) is 8.55. The molecule has 1 amide bonds. The van der Waals surface area contributed by atoms with E-state index in [0.717, 1.165) is 32.2 Å². The second-order valence-corrected chi connectivity index (χ2v) is 4.36. The van der Waals surface area contributed by atoms with Gasteiger partial charge in [0.05, 0.1) is 6.07 Å². The summed E-state index contributed by atoms with van der Waals surface area (Å²) < 4.78 is 0. The van der Waals surface area contributed by atoms with Crippen molar-refractivity contribution < 1.29 is 4.79 Å². The smallest absolute Gasteiger partial charge is 0.220 e. The van der Waals surface area contributed by atoms with Gasteiger partial charge in [-0.15, -0.1) is 0 Å². The number of hydrogen-bond acceptors (Lipinski definition) is 2. The van der Waals surface area contributed by atoms with E-state index in [9.17, 15) is 4.79 Å². The topological polar surface area (TPSA) is 52.9 Å². The zero-order chi connectivity index (χ0) is 9.31. The maximum atomic E-state index is 11.1. The van der Waals surface area contributed by atoms with Gasteiger partial charge in [0.1, 0.15) is 0 Å². The van der Waals surface area contributed by atoms with E-state index in [2.05, 4.69) is 11.4 Å². The number of amides is 1. The summed E-state index contributed by atoms with van der Waals surface area (Å²) in [6.45, 7) is 0.837. The van der Waals surface area contributed by atoms with Crippen LogP contribution < -0.4 is 5.32 Å². The van der Waals surface area contributed by atoms with E-state index in [1.54, 1.807) is 0 Å². The highest BCUT2D eigenvalue weighted by atomic mass is 16.1. The van der Waals surface area contributed by atoms with Crippen molar-refractivity contribution in [3.05, 3.63) is 0 Å². The Morgan fingerprint density at radius 1 is 1.46 bits per heavy atom. The molecule has 2 rings (SSSR count). The van der Waals surface area contributed by atoms with Gasteiger partial charge < -0.3 is 5.32 Å². The fourth-order valence-electron chi connectivity index (χ4n) is 2.46. The van der Waals surface area contributed by atoms with Crippen LogP contribution in [0.1, 0.15) is 32.1 Å². The molecule has 70 valence electrons. The minimum atomic E-state index is 0.190. The predicted octanol–water partition coefficient (Wildman–Crippen LogP) is 1.21. The minimum Gasteiger partial charge on any atom is -0.356 e. The molecule has 1 N–H and O–H groups in total. The van der Waals surface area contributed by atoms with Crippen LogP contribution in [0.4, 0.5) is 0 Å². The third kappa shape index (κ3) is 1.53. The van der Waals surface area contributed by atoms with Gasteiger partial charge in [0.15, 0.2) is 0 Å². The van der Waals surface area contributed by atoms with Gasteiger partial charge in [-0.1, -0.05) is 0 Å². The van der Waals surface area contributed by atoms with E-state index in [-0.39, 0.29) is 17.2 Å². The number of hydrogen-bond donors (Lipinski definition) is 1. The first-order valence-corrected chi connectivity index (χ1v) is 4.90. The van der Waals surface area contributed by atoms with Crippen LogP contribution in [0, 0.1) is 22.7 Å². The lowest BCUT2D eigenvalue weighted by Gasteiger charge is -2.33. The monoisotopic (exact) mass is 178 g/mol. The maximum absolute atomic E-state index is 11.1. The highest BCUT2D eigenvalue weighted by molar-refractivity contribution is 5.79. The summed E-state index contributed by atoms with van der Waals surface area (Å²) in [7, 11) is 0. The third-order valence-electron chi connectivity index (χ3n) is 3.42. The first-order chi connectivity index (χ1) is 6.24. The summed E-state index contributed by atoms with van der Waals surface area (Å²) in [5.41, 5.74) is 0.213. The van der Waals surface area contributed by atoms with Crippen LogP contribution >= 0.6 is 0 Å². The van der Waals surface area contributed by atoms with Gasteiger partial charge in [0.2, 0.25) is 5.91 Å². The van der Waals surface area contributed by atoms with Gasteiger partial charge in [-0.25, -0.2) is 0 Å². The van der Waals surface area contributed by atoms with Crippen LogP contribution in [0.5, 0.6) is 0 Å². The Morgan fingerprint density at radius 3 is 2.62 bits per heavy atom. The van der Waals surface area contributed by atoms with Gasteiger partial charge in [0.25, 0.3) is 0 Å². The number of rotatable bonds is 0. The molecule has 0 unspecified atom stereocenters. The molecule has 0 radical (unpaired) electrons. The quantitative estimate of drug-likeness (QED) is 0.606. The summed E-state index contributed by atoms with van der Waals surface area (Å²) in [4.78, 5) is 11.1. The molecule has 1 aliphatic carbocycles. The highest BCUT2D eigenvalue weighted by Crippen LogP contribution is 2.43. The summed E-state index contributed by atoms with van der Waals surface area (Å²) in [5, 5.41) is 11.6. The number of carbonyl (C=O) groups excluding carboxylic acids is 1. The average molecular weight is 178 g/mol. The molecule has 3 nitrogen and oxygen atoms in total. The largest absolute Gasteiger partial charge is 0.356 e. The van der Waals surface area contributed by atoms with Gasteiger partial charge in [-0.3, -0.25) is 4.79 Å². The summed E-state index contributed by atoms with van der Waals surface area (Å²) in [6, 6.07) is 2.32. The Morgan fingerprint density at radius 2 is 2.15 bits per heavy atom. The SMILES string of the molecule is N#CC1CCC2(CC1)CNC(=O)C2. The Balaban J connectivity index is 1.98. The molecular formula is C10H14N2O. The van der Waals surface area contributed by atoms with Crippen molar-refractivity contribution >= 4 is 5.91 Å². The fourth-order valence-corrected chi connectivity index (χ4v) is 2.46. The van der Waals surface area contributed by atoms with E-state index in [4.69, 9.17) is 5.26 Å². The molecule has 3 heteroatoms. The van der Waals surface area contributed by atoms with Gasteiger partial charge in [-0.05, 0) is 31.1 Å². The lowest BCUT2D eigenvalue weighted by molar-refractivity contribution is -0.119. The predicted molar refractivity (Wildman–Crippen MR) is 47.6 cm³/mol. The molecule has 0 bridgehead atoms. The second kappa shape index (κ2) is 3.02. The van der Waals surface area contributed by atoms with Gasteiger partial charge in [-0.2, -0.15) is 5.26 Å². The molecule has 1 spiro atoms. The first-order valence-electron chi connectivity index (χ1n) is 4.90. The number of nitriles is 1. The molecule has 2 fully saturated rings. The van der Waals surface area contributed by atoms with E-state index >= 15 is 0 Å². The van der Waals surface area contributed by atoms with Crippen molar-refractivity contribution in [3.63, 3.8) is 0 Å². The highest BCUT2D eigenvalue weighted by Gasteiger charge is 2.41. The van der Waals surface area contributed by atoms with Crippen molar-refractivity contribution in [1.82, 2.24) is 5.32 Å². The number of nitrogens with zero attached hydrogens (tertiary/aromatic N) is 1. The molecular weight excluding hydrogens is 164 g/mol. The summed E-state index contributed by atoms with van der Waals surface area (Å²) in [6.07, 6.45) is 4.73. The zero-order valence-electron chi connectivity index (χ0n) is 7.68. The lowest BCUT2D eigenvalue weighted by Crippen LogP contribution is -2.29. The molecule has 0 aromatic rings. The molecule has 0 atom stereocenters. The Bertz CT molecular complexity index is 259. The Kier molecular flexibility index (Phi) is 1.99. The number of carbonyl (C=O) groups is 1. The van der Waals surface area contributed by atoms with Crippen molar-refractivity contribution in [1.29, 1.82) is 5.26 Å². The molecule has 1 saturated carbocycles. The van der Waals surface area contributed by atoms with Crippen LogP contribution in [0.3, 0.4) is 0 Å². The molecule has 0 aromatic heterocycles. The van der Waals surface area contributed by atoms with E-state index < -0.39 is 0 Å². The second-order valence-electron chi connectivity index (χ2n) is 4.36. The lowest BCUT2D eigenvalue weighted by atomic mass is 9.70. The summed E-state index contributed by atoms with van der Waals surface area (Å²) >= 11 is 0.